The summed E-state index contributed by atoms with van der Waals surface area (Å²) in [5.41, 5.74) is 1.16. The van der Waals surface area contributed by atoms with Gasteiger partial charge in [0.25, 0.3) is 0 Å². The van der Waals surface area contributed by atoms with Crippen molar-refractivity contribution < 1.29 is 34.8 Å². The second-order valence-electron chi connectivity index (χ2n) is 7.05. The largest absolute Gasteiger partial charge is 0.508 e. The Morgan fingerprint density at radius 3 is 2.50 bits per heavy atom. The van der Waals surface area contributed by atoms with Crippen LogP contribution in [0.5, 0.6) is 11.5 Å². The fraction of sp³-hybridized carbons (Fsp3) is 0.400. The third-order valence-electron chi connectivity index (χ3n) is 4.86. The Bertz CT molecular complexity index is 963. The Balaban J connectivity index is 2.12. The van der Waals surface area contributed by atoms with Crippen molar-refractivity contribution in [2.24, 2.45) is 5.92 Å². The number of carbonyl (C=O) groups excluding carboxylic acids is 2. The van der Waals surface area contributed by atoms with Gasteiger partial charge in [0.1, 0.15) is 5.76 Å². The number of aliphatic hydroxyl groups excluding tert-OH is 2. The van der Waals surface area contributed by atoms with Gasteiger partial charge < -0.3 is 35.8 Å². The number of methoxy groups -OCH3 is 1. The number of hydrogen-bond donors (Lipinski definition) is 6. The first-order valence-corrected chi connectivity index (χ1v) is 11.9. The molecule has 6 N–H and O–H groups in total. The Morgan fingerprint density at radius 1 is 1.16 bits per heavy atom. The van der Waals surface area contributed by atoms with Crippen LogP contribution >= 0.6 is 47.8 Å². The van der Waals surface area contributed by atoms with E-state index in [-0.39, 0.29) is 65.3 Å². The van der Waals surface area contributed by atoms with E-state index < -0.39 is 6.03 Å². The Morgan fingerprint density at radius 2 is 1.84 bits per heavy atom. The second-order valence-corrected chi connectivity index (χ2v) is 9.49. The van der Waals surface area contributed by atoms with Crippen LogP contribution in [0.15, 0.2) is 31.0 Å². The summed E-state index contributed by atoms with van der Waals surface area (Å²) in [6.45, 7) is 0.328. The summed E-state index contributed by atoms with van der Waals surface area (Å²) in [6, 6.07) is 0.895. The Kier molecular flexibility index (Phi) is 9.71. The third kappa shape index (κ3) is 6.55. The number of nitrogens with one attached hydrogen (secondary N) is 2. The number of carbonyl (C=O) groups is 2. The highest BCUT2D eigenvalue weighted by Crippen LogP contribution is 2.44. The SMILES string of the molecule is COC(=O)CCCNC(=O)NCc1cc(O)c(O)c(Br)c1C[C@H]1CC(O)=C(O)C(Br)=C1Br. The molecule has 0 saturated carbocycles. The van der Waals surface area contributed by atoms with Gasteiger partial charge in [-0.2, -0.15) is 0 Å². The highest BCUT2D eigenvalue weighted by molar-refractivity contribution is 9.14. The number of halogens is 3. The van der Waals surface area contributed by atoms with Crippen LogP contribution in [0.1, 0.15) is 30.4 Å². The van der Waals surface area contributed by atoms with Gasteiger partial charge in [-0.25, -0.2) is 4.79 Å². The van der Waals surface area contributed by atoms with E-state index in [0.29, 0.717) is 32.9 Å². The van der Waals surface area contributed by atoms with Gasteiger partial charge in [0.05, 0.1) is 16.1 Å². The Labute approximate surface area is 209 Å². The van der Waals surface area contributed by atoms with Gasteiger partial charge in [0.15, 0.2) is 17.3 Å². The van der Waals surface area contributed by atoms with Crippen LogP contribution in [-0.2, 0) is 22.5 Å². The van der Waals surface area contributed by atoms with Crippen molar-refractivity contribution >= 4 is 59.8 Å². The lowest BCUT2D eigenvalue weighted by atomic mass is 9.89. The van der Waals surface area contributed by atoms with Crippen LogP contribution < -0.4 is 10.6 Å². The zero-order chi connectivity index (χ0) is 24.0. The monoisotopic (exact) mass is 640 g/mol. The van der Waals surface area contributed by atoms with Crippen LogP contribution in [0.3, 0.4) is 0 Å². The van der Waals surface area contributed by atoms with Crippen molar-refractivity contribution in [2.45, 2.75) is 32.2 Å². The lowest BCUT2D eigenvalue weighted by Gasteiger charge is -2.25. The minimum atomic E-state index is -0.462. The van der Waals surface area contributed by atoms with Crippen molar-refractivity contribution in [3.8, 4) is 11.5 Å². The zero-order valence-corrected chi connectivity index (χ0v) is 21.8. The molecule has 0 aliphatic heterocycles. The second kappa shape index (κ2) is 11.8. The molecule has 0 aromatic heterocycles. The molecule has 1 atom stereocenters. The molecule has 12 heteroatoms. The number of esters is 1. The van der Waals surface area contributed by atoms with Gasteiger partial charge in [-0.1, -0.05) is 15.9 Å². The van der Waals surface area contributed by atoms with E-state index in [1.54, 1.807) is 0 Å². The van der Waals surface area contributed by atoms with Crippen molar-refractivity contribution in [1.82, 2.24) is 10.6 Å². The fourth-order valence-electron chi connectivity index (χ4n) is 3.12. The lowest BCUT2D eigenvalue weighted by Crippen LogP contribution is -2.36. The first-order valence-electron chi connectivity index (χ1n) is 9.54. The van der Waals surface area contributed by atoms with E-state index in [1.807, 2.05) is 0 Å². The predicted octanol–water partition coefficient (Wildman–Crippen LogP) is 4.50. The number of ether oxygens (including phenoxy) is 1. The summed E-state index contributed by atoms with van der Waals surface area (Å²) in [6.07, 6.45) is 1.09. The molecule has 0 saturated heterocycles. The highest BCUT2D eigenvalue weighted by atomic mass is 79.9. The lowest BCUT2D eigenvalue weighted by molar-refractivity contribution is -0.140. The minimum Gasteiger partial charge on any atom is -0.508 e. The van der Waals surface area contributed by atoms with Crippen molar-refractivity contribution in [2.75, 3.05) is 13.7 Å². The molecule has 32 heavy (non-hydrogen) atoms. The van der Waals surface area contributed by atoms with Crippen LogP contribution in [0, 0.1) is 5.92 Å². The number of phenols is 2. The van der Waals surface area contributed by atoms with Crippen molar-refractivity contribution in [3.63, 3.8) is 0 Å². The van der Waals surface area contributed by atoms with E-state index in [9.17, 15) is 30.0 Å². The van der Waals surface area contributed by atoms with E-state index in [4.69, 9.17) is 0 Å². The maximum absolute atomic E-state index is 12.1. The van der Waals surface area contributed by atoms with E-state index >= 15 is 0 Å². The number of amides is 2. The first-order chi connectivity index (χ1) is 15.1. The summed E-state index contributed by atoms with van der Waals surface area (Å²) in [7, 11) is 1.30. The third-order valence-corrected chi connectivity index (χ3v) is 8.10. The smallest absolute Gasteiger partial charge is 0.315 e. The van der Waals surface area contributed by atoms with Crippen LogP contribution in [-0.4, -0.2) is 46.1 Å². The van der Waals surface area contributed by atoms with Gasteiger partial charge in [0, 0.05) is 36.3 Å². The summed E-state index contributed by atoms with van der Waals surface area (Å²) in [5.74, 6) is -1.73. The van der Waals surface area contributed by atoms with E-state index in [1.165, 1.54) is 13.2 Å². The molecule has 9 nitrogen and oxygen atoms in total. The van der Waals surface area contributed by atoms with Gasteiger partial charge in [-0.05, 0) is 61.9 Å². The average molecular weight is 643 g/mol. The number of benzene rings is 1. The predicted molar refractivity (Wildman–Crippen MR) is 128 cm³/mol. The number of aromatic hydroxyl groups is 2. The quantitative estimate of drug-likeness (QED) is 0.139. The molecule has 1 aliphatic carbocycles. The maximum atomic E-state index is 12.1. The minimum absolute atomic E-state index is 0.0485. The van der Waals surface area contributed by atoms with Crippen LogP contribution in [0.25, 0.3) is 0 Å². The van der Waals surface area contributed by atoms with E-state index in [2.05, 4.69) is 63.2 Å². The molecule has 0 bridgehead atoms. The number of allylic oxidation sites excluding steroid dienone is 3. The molecule has 1 aromatic carbocycles. The first kappa shape index (κ1) is 26.3. The molecular weight excluding hydrogens is 620 g/mol. The number of aliphatic hydroxyl groups is 2. The molecule has 0 spiro atoms. The van der Waals surface area contributed by atoms with E-state index in [0.717, 1.165) is 0 Å². The van der Waals surface area contributed by atoms with Crippen LogP contribution in [0.4, 0.5) is 4.79 Å². The maximum Gasteiger partial charge on any atom is 0.315 e. The summed E-state index contributed by atoms with van der Waals surface area (Å²) in [4.78, 5) is 23.2. The molecule has 2 rings (SSSR count). The number of phenolic OH excluding ortho intramolecular Hbond substituents is 2. The average Bonchev–Trinajstić information content (AvgIpc) is 2.77. The molecule has 0 unspecified atom stereocenters. The molecule has 1 aliphatic rings. The van der Waals surface area contributed by atoms with Crippen LogP contribution in [0.2, 0.25) is 0 Å². The molecule has 176 valence electrons. The Hall–Kier alpha value is -1.92. The number of rotatable bonds is 8. The summed E-state index contributed by atoms with van der Waals surface area (Å²) < 4.78 is 5.77. The fourth-order valence-corrected chi connectivity index (χ4v) is 4.80. The molecule has 0 heterocycles. The molecule has 2 amide bonds. The molecule has 1 aromatic rings. The van der Waals surface area contributed by atoms with Gasteiger partial charge in [-0.15, -0.1) is 0 Å². The topological polar surface area (TPSA) is 148 Å². The molecular formula is C20H23Br3N2O7. The normalized spacial score (nSPS) is 16.2. The summed E-state index contributed by atoms with van der Waals surface area (Å²) in [5, 5.41) is 45.4. The van der Waals surface area contributed by atoms with Crippen molar-refractivity contribution in [3.05, 3.63) is 42.1 Å². The van der Waals surface area contributed by atoms with Crippen molar-refractivity contribution in [1.29, 1.82) is 0 Å². The standard InChI is InChI=1S/C20H23Br3N2O7/c1-32-14(28)3-2-4-24-20(31)25-8-10-7-13(27)18(29)16(22)11(10)5-9-6-12(26)19(30)17(23)15(9)21/h7,9,26-27,29-30H,2-6,8H2,1H3,(H2,24,25,31)/t9-/m0/s1. The highest BCUT2D eigenvalue weighted by Gasteiger charge is 2.29. The summed E-state index contributed by atoms with van der Waals surface area (Å²) >= 11 is 9.97. The number of hydrogen-bond acceptors (Lipinski definition) is 7. The molecule has 0 radical (unpaired) electrons. The van der Waals surface area contributed by atoms with Gasteiger partial charge in [0.2, 0.25) is 0 Å². The zero-order valence-electron chi connectivity index (χ0n) is 17.0. The number of urea groups is 1. The molecule has 0 fully saturated rings. The van der Waals surface area contributed by atoms with Gasteiger partial charge >= 0.3 is 12.0 Å². The van der Waals surface area contributed by atoms with Gasteiger partial charge in [-0.3, -0.25) is 4.79 Å².